The normalized spacial score (nSPS) is 18.5. The molecule has 17 heavy (non-hydrogen) atoms. The molecule has 6 heteroatoms. The van der Waals surface area contributed by atoms with Gasteiger partial charge in [0.1, 0.15) is 5.69 Å². The van der Waals surface area contributed by atoms with Crippen LogP contribution in [0.5, 0.6) is 0 Å². The van der Waals surface area contributed by atoms with Crippen LogP contribution in [0.4, 0.5) is 0 Å². The van der Waals surface area contributed by atoms with Crippen LogP contribution >= 0.6 is 12.4 Å². The minimum atomic E-state index is -0.0556. The van der Waals surface area contributed by atoms with E-state index in [-0.39, 0.29) is 18.3 Å². The number of nitrogens with one attached hydrogen (secondary N) is 1. The molecule has 0 aliphatic carbocycles. The number of halogens is 1. The van der Waals surface area contributed by atoms with Gasteiger partial charge in [-0.15, -0.1) is 12.4 Å². The topological polar surface area (TPSA) is 58.1 Å². The van der Waals surface area contributed by atoms with E-state index in [0.29, 0.717) is 11.6 Å². The fourth-order valence-electron chi connectivity index (χ4n) is 1.95. The first-order chi connectivity index (χ1) is 7.77. The van der Waals surface area contributed by atoms with Crippen molar-refractivity contribution in [3.8, 4) is 0 Å². The minimum absolute atomic E-state index is 0. The number of rotatable bonds is 3. The fraction of sp³-hybridized carbons (Fsp3) is 0.545. The lowest BCUT2D eigenvalue weighted by Crippen LogP contribution is -2.33. The quantitative estimate of drug-likeness (QED) is 0.860. The second kappa shape index (κ2) is 6.51. The van der Waals surface area contributed by atoms with Crippen LogP contribution in [0, 0.1) is 5.92 Å². The molecule has 2 rings (SSSR count). The van der Waals surface area contributed by atoms with E-state index >= 15 is 0 Å². The Kier molecular flexibility index (Phi) is 5.31. The van der Waals surface area contributed by atoms with Crippen molar-refractivity contribution in [3.05, 3.63) is 24.3 Å². The SMILES string of the molecule is CN(CC1CCNC1)C(=O)c1cnccn1.Cl. The predicted molar refractivity (Wildman–Crippen MR) is 67.2 cm³/mol. The molecule has 0 spiro atoms. The van der Waals surface area contributed by atoms with Crippen molar-refractivity contribution in [2.24, 2.45) is 5.92 Å². The van der Waals surface area contributed by atoms with E-state index in [0.717, 1.165) is 26.1 Å². The molecule has 2 heterocycles. The molecule has 1 aliphatic heterocycles. The average Bonchev–Trinajstić information content (AvgIpc) is 2.82. The number of carbonyl (C=O) groups is 1. The van der Waals surface area contributed by atoms with E-state index in [1.807, 2.05) is 7.05 Å². The molecule has 94 valence electrons. The van der Waals surface area contributed by atoms with Crippen LogP contribution in [-0.2, 0) is 0 Å². The van der Waals surface area contributed by atoms with E-state index in [9.17, 15) is 4.79 Å². The Hall–Kier alpha value is -1.20. The molecule has 1 aromatic heterocycles. The van der Waals surface area contributed by atoms with E-state index < -0.39 is 0 Å². The van der Waals surface area contributed by atoms with Crippen molar-refractivity contribution in [3.63, 3.8) is 0 Å². The number of nitrogens with zero attached hydrogens (tertiary/aromatic N) is 3. The second-order valence-corrected chi connectivity index (χ2v) is 4.14. The molecule has 5 nitrogen and oxygen atoms in total. The third-order valence-electron chi connectivity index (χ3n) is 2.82. The maximum Gasteiger partial charge on any atom is 0.273 e. The Labute approximate surface area is 107 Å². The van der Waals surface area contributed by atoms with Gasteiger partial charge in [-0.25, -0.2) is 4.98 Å². The lowest BCUT2D eigenvalue weighted by atomic mass is 10.1. The lowest BCUT2D eigenvalue weighted by molar-refractivity contribution is 0.0770. The van der Waals surface area contributed by atoms with Crippen molar-refractivity contribution >= 4 is 18.3 Å². The molecule has 1 amide bonds. The Balaban J connectivity index is 0.00000144. The highest BCUT2D eigenvalue weighted by Crippen LogP contribution is 2.10. The summed E-state index contributed by atoms with van der Waals surface area (Å²) in [6.07, 6.45) is 5.75. The molecular formula is C11H17ClN4O. The summed E-state index contributed by atoms with van der Waals surface area (Å²) < 4.78 is 0. The standard InChI is InChI=1S/C11H16N4O.ClH/c1-15(8-9-2-3-12-6-9)11(16)10-7-13-4-5-14-10;/h4-5,7,9,12H,2-3,6,8H2,1H3;1H. The van der Waals surface area contributed by atoms with Crippen molar-refractivity contribution in [2.75, 3.05) is 26.7 Å². The molecule has 1 N–H and O–H groups in total. The first kappa shape index (κ1) is 13.9. The van der Waals surface area contributed by atoms with Gasteiger partial charge in [0.25, 0.3) is 5.91 Å². The van der Waals surface area contributed by atoms with Gasteiger partial charge in [0, 0.05) is 26.0 Å². The monoisotopic (exact) mass is 256 g/mol. The van der Waals surface area contributed by atoms with Crippen LogP contribution in [-0.4, -0.2) is 47.5 Å². The summed E-state index contributed by atoms with van der Waals surface area (Å²) in [6, 6.07) is 0. The molecule has 1 atom stereocenters. The largest absolute Gasteiger partial charge is 0.340 e. The summed E-state index contributed by atoms with van der Waals surface area (Å²) >= 11 is 0. The molecule has 0 saturated carbocycles. The van der Waals surface area contributed by atoms with Crippen LogP contribution in [0.25, 0.3) is 0 Å². The van der Waals surface area contributed by atoms with Crippen molar-refractivity contribution in [2.45, 2.75) is 6.42 Å². The van der Waals surface area contributed by atoms with Crippen molar-refractivity contribution in [1.82, 2.24) is 20.2 Å². The Morgan fingerprint density at radius 3 is 3.00 bits per heavy atom. The first-order valence-corrected chi connectivity index (χ1v) is 5.49. The summed E-state index contributed by atoms with van der Waals surface area (Å²) in [7, 11) is 1.81. The van der Waals surface area contributed by atoms with Crippen LogP contribution in [0.3, 0.4) is 0 Å². The van der Waals surface area contributed by atoms with Crippen LogP contribution in [0.1, 0.15) is 16.9 Å². The van der Waals surface area contributed by atoms with Gasteiger partial charge < -0.3 is 10.2 Å². The number of aromatic nitrogens is 2. The zero-order chi connectivity index (χ0) is 11.4. The number of carbonyl (C=O) groups excluding carboxylic acids is 1. The van der Waals surface area contributed by atoms with Gasteiger partial charge in [-0.2, -0.15) is 0 Å². The third-order valence-corrected chi connectivity index (χ3v) is 2.82. The van der Waals surface area contributed by atoms with Gasteiger partial charge in [-0.3, -0.25) is 9.78 Å². The van der Waals surface area contributed by atoms with E-state index in [4.69, 9.17) is 0 Å². The molecule has 1 aliphatic rings. The number of hydrogen-bond acceptors (Lipinski definition) is 4. The van der Waals surface area contributed by atoms with Gasteiger partial charge in [0.2, 0.25) is 0 Å². The molecule has 1 aromatic rings. The number of hydrogen-bond donors (Lipinski definition) is 1. The zero-order valence-corrected chi connectivity index (χ0v) is 10.6. The summed E-state index contributed by atoms with van der Waals surface area (Å²) in [5.41, 5.74) is 0.413. The predicted octanol–water partition coefficient (Wildman–Crippen LogP) is 0.580. The molecule has 1 unspecified atom stereocenters. The highest BCUT2D eigenvalue weighted by Gasteiger charge is 2.20. The van der Waals surface area contributed by atoms with Gasteiger partial charge in [0.05, 0.1) is 6.20 Å². The smallest absolute Gasteiger partial charge is 0.273 e. The van der Waals surface area contributed by atoms with Gasteiger partial charge in [0.15, 0.2) is 0 Å². The average molecular weight is 257 g/mol. The van der Waals surface area contributed by atoms with Gasteiger partial charge >= 0.3 is 0 Å². The van der Waals surface area contributed by atoms with Crippen molar-refractivity contribution < 1.29 is 4.79 Å². The fourth-order valence-corrected chi connectivity index (χ4v) is 1.95. The summed E-state index contributed by atoms with van der Waals surface area (Å²) in [6.45, 7) is 2.83. The number of amides is 1. The Morgan fingerprint density at radius 2 is 2.41 bits per heavy atom. The Morgan fingerprint density at radius 1 is 1.59 bits per heavy atom. The lowest BCUT2D eigenvalue weighted by Gasteiger charge is -2.20. The van der Waals surface area contributed by atoms with E-state index in [1.54, 1.807) is 11.1 Å². The molecule has 0 aromatic carbocycles. The summed E-state index contributed by atoms with van der Waals surface area (Å²) in [5.74, 6) is 0.505. The van der Waals surface area contributed by atoms with E-state index in [1.165, 1.54) is 12.4 Å². The maximum absolute atomic E-state index is 11.9. The van der Waals surface area contributed by atoms with Crippen LogP contribution < -0.4 is 5.32 Å². The van der Waals surface area contributed by atoms with E-state index in [2.05, 4.69) is 15.3 Å². The summed E-state index contributed by atoms with van der Waals surface area (Å²) in [5, 5.41) is 3.29. The molecule has 0 radical (unpaired) electrons. The zero-order valence-electron chi connectivity index (χ0n) is 9.80. The highest BCUT2D eigenvalue weighted by atomic mass is 35.5. The Bertz CT molecular complexity index is 354. The van der Waals surface area contributed by atoms with Crippen LogP contribution in [0.15, 0.2) is 18.6 Å². The third kappa shape index (κ3) is 3.64. The van der Waals surface area contributed by atoms with Crippen molar-refractivity contribution in [1.29, 1.82) is 0 Å². The minimum Gasteiger partial charge on any atom is -0.340 e. The van der Waals surface area contributed by atoms with Gasteiger partial charge in [-0.1, -0.05) is 0 Å². The van der Waals surface area contributed by atoms with Crippen LogP contribution in [0.2, 0.25) is 0 Å². The molecule has 1 fully saturated rings. The second-order valence-electron chi connectivity index (χ2n) is 4.14. The first-order valence-electron chi connectivity index (χ1n) is 5.49. The van der Waals surface area contributed by atoms with Gasteiger partial charge in [-0.05, 0) is 25.4 Å². The molecule has 0 bridgehead atoms. The maximum atomic E-state index is 11.9. The summed E-state index contributed by atoms with van der Waals surface area (Å²) in [4.78, 5) is 21.6. The highest BCUT2D eigenvalue weighted by molar-refractivity contribution is 5.91. The molecule has 1 saturated heterocycles. The molecular weight excluding hydrogens is 240 g/mol.